The van der Waals surface area contributed by atoms with E-state index in [2.05, 4.69) is 0 Å². The van der Waals surface area contributed by atoms with Crippen molar-refractivity contribution in [2.45, 2.75) is 33.8 Å². The second kappa shape index (κ2) is 7.26. The highest BCUT2D eigenvalue weighted by molar-refractivity contribution is 7.66. The zero-order chi connectivity index (χ0) is 16.3. The van der Waals surface area contributed by atoms with Gasteiger partial charge in [-0.25, -0.2) is 0 Å². The fourth-order valence-corrected chi connectivity index (χ4v) is 3.75. The summed E-state index contributed by atoms with van der Waals surface area (Å²) in [6.45, 7) is 7.90. The van der Waals surface area contributed by atoms with Crippen LogP contribution in [0.25, 0.3) is 0 Å². The maximum Gasteiger partial charge on any atom is 0.187 e. The van der Waals surface area contributed by atoms with Gasteiger partial charge in [0.1, 0.15) is 5.75 Å². The number of hydrogen-bond acceptors (Lipinski definition) is 2. The van der Waals surface area contributed by atoms with Gasteiger partial charge in [-0.1, -0.05) is 29.8 Å². The van der Waals surface area contributed by atoms with Gasteiger partial charge in [0.2, 0.25) is 0 Å². The smallest absolute Gasteiger partial charge is 0.187 e. The van der Waals surface area contributed by atoms with Crippen LogP contribution in [0.3, 0.4) is 0 Å². The molecule has 0 bridgehead atoms. The fourth-order valence-electron chi connectivity index (χ4n) is 2.23. The molecule has 2 rings (SSSR count). The highest BCUT2D eigenvalue weighted by Crippen LogP contribution is 2.29. The summed E-state index contributed by atoms with van der Waals surface area (Å²) in [7, 11) is 0.0607. The molecule has 0 aliphatic rings. The average molecular weight is 335 g/mol. The first kappa shape index (κ1) is 17.0. The Morgan fingerprint density at radius 3 is 2.45 bits per heavy atom. The monoisotopic (exact) mass is 334 g/mol. The van der Waals surface area contributed by atoms with Gasteiger partial charge < -0.3 is 4.74 Å². The van der Waals surface area contributed by atoms with Gasteiger partial charge in [-0.2, -0.15) is 0 Å². The molecular weight excluding hydrogens is 315 g/mol. The van der Waals surface area contributed by atoms with E-state index in [0.717, 1.165) is 22.2 Å². The minimum Gasteiger partial charge on any atom is -0.491 e. The predicted molar refractivity (Wildman–Crippen MR) is 95.4 cm³/mol. The Morgan fingerprint density at radius 2 is 1.86 bits per heavy atom. The van der Waals surface area contributed by atoms with Gasteiger partial charge in [0.15, 0.2) is 5.52 Å². The maximum atomic E-state index is 12.6. The highest BCUT2D eigenvalue weighted by atomic mass is 35.5. The third-order valence-corrected chi connectivity index (χ3v) is 4.89. The Hall–Kier alpha value is -1.37. The Labute approximate surface area is 138 Å². The summed E-state index contributed by atoms with van der Waals surface area (Å²) < 4.78 is 5.67. The summed E-state index contributed by atoms with van der Waals surface area (Å²) in [5.74, 6) is 0.836. The molecule has 0 aliphatic carbocycles. The first-order chi connectivity index (χ1) is 10.4. The summed E-state index contributed by atoms with van der Waals surface area (Å²) in [6, 6.07) is 11.4. The van der Waals surface area contributed by atoms with Crippen LogP contribution in [0.5, 0.6) is 5.75 Å². The van der Waals surface area contributed by atoms with Crippen molar-refractivity contribution in [3.63, 3.8) is 0 Å². The van der Waals surface area contributed by atoms with Crippen LogP contribution in [-0.2, 0) is 0 Å². The lowest BCUT2D eigenvalue weighted by Gasteiger charge is -2.13. The van der Waals surface area contributed by atoms with Crippen molar-refractivity contribution in [1.82, 2.24) is 0 Å². The first-order valence-corrected chi connectivity index (χ1v) is 8.60. The van der Waals surface area contributed by atoms with E-state index in [1.807, 2.05) is 58.0 Å². The van der Waals surface area contributed by atoms with Crippen LogP contribution in [0.15, 0.2) is 36.4 Å². The number of benzene rings is 2. The van der Waals surface area contributed by atoms with Crippen molar-refractivity contribution < 1.29 is 9.53 Å². The first-order valence-electron chi connectivity index (χ1n) is 7.22. The third-order valence-electron chi connectivity index (χ3n) is 3.27. The SMILES string of the molecule is Cc1cc(OC(C)C)ccc1PC(=O)c1c(C)cccc1Cl. The molecule has 0 amide bonds. The van der Waals surface area contributed by atoms with E-state index >= 15 is 0 Å². The molecule has 2 nitrogen and oxygen atoms in total. The zero-order valence-electron chi connectivity index (χ0n) is 13.2. The van der Waals surface area contributed by atoms with Gasteiger partial charge in [0, 0.05) is 5.56 Å². The van der Waals surface area contributed by atoms with E-state index in [0.29, 0.717) is 10.6 Å². The largest absolute Gasteiger partial charge is 0.491 e. The van der Waals surface area contributed by atoms with Crippen LogP contribution < -0.4 is 10.0 Å². The summed E-state index contributed by atoms with van der Waals surface area (Å²) in [6.07, 6.45) is 0.139. The summed E-state index contributed by atoms with van der Waals surface area (Å²) in [5, 5.41) is 1.55. The van der Waals surface area contributed by atoms with Crippen molar-refractivity contribution in [3.8, 4) is 5.75 Å². The van der Waals surface area contributed by atoms with Gasteiger partial charge >= 0.3 is 0 Å². The molecule has 0 saturated heterocycles. The second-order valence-corrected chi connectivity index (χ2v) is 7.18. The quantitative estimate of drug-likeness (QED) is 0.728. The van der Waals surface area contributed by atoms with Crippen molar-refractivity contribution in [1.29, 1.82) is 0 Å². The van der Waals surface area contributed by atoms with Gasteiger partial charge in [0.25, 0.3) is 0 Å². The molecule has 0 spiro atoms. The van der Waals surface area contributed by atoms with E-state index in [-0.39, 0.29) is 20.2 Å². The van der Waals surface area contributed by atoms with Crippen molar-refractivity contribution in [3.05, 3.63) is 58.1 Å². The van der Waals surface area contributed by atoms with E-state index in [1.54, 1.807) is 6.07 Å². The minimum atomic E-state index is 0.0607. The third kappa shape index (κ3) is 4.09. The second-order valence-electron chi connectivity index (χ2n) is 5.53. The highest BCUT2D eigenvalue weighted by Gasteiger charge is 2.15. The van der Waals surface area contributed by atoms with Crippen LogP contribution in [-0.4, -0.2) is 11.6 Å². The van der Waals surface area contributed by atoms with E-state index in [1.165, 1.54) is 0 Å². The molecule has 0 aliphatic heterocycles. The van der Waals surface area contributed by atoms with Gasteiger partial charge in [-0.15, -0.1) is 0 Å². The lowest BCUT2D eigenvalue weighted by Crippen LogP contribution is -2.09. The lowest BCUT2D eigenvalue weighted by atomic mass is 10.1. The summed E-state index contributed by atoms with van der Waals surface area (Å²) >= 11 is 6.18. The standard InChI is InChI=1S/C18H20ClO2P/c1-11(2)21-14-8-9-16(13(4)10-14)22-18(20)17-12(3)6-5-7-15(17)19/h5-11,22H,1-4H3. The van der Waals surface area contributed by atoms with Crippen LogP contribution >= 0.6 is 20.2 Å². The maximum absolute atomic E-state index is 12.6. The lowest BCUT2D eigenvalue weighted by molar-refractivity contribution is 0.108. The molecule has 0 saturated carbocycles. The van der Waals surface area contributed by atoms with E-state index in [9.17, 15) is 4.79 Å². The van der Waals surface area contributed by atoms with Gasteiger partial charge in [-0.05, 0) is 70.9 Å². The fraction of sp³-hybridized carbons (Fsp3) is 0.278. The normalized spacial score (nSPS) is 11.4. The van der Waals surface area contributed by atoms with Crippen LogP contribution in [0, 0.1) is 13.8 Å². The van der Waals surface area contributed by atoms with Crippen LogP contribution in [0.2, 0.25) is 5.02 Å². The van der Waals surface area contributed by atoms with Crippen LogP contribution in [0.4, 0.5) is 0 Å². The van der Waals surface area contributed by atoms with Gasteiger partial charge in [-0.3, -0.25) is 4.79 Å². The Kier molecular flexibility index (Phi) is 5.61. The Morgan fingerprint density at radius 1 is 1.14 bits per heavy atom. The number of rotatable bonds is 5. The molecule has 1 atom stereocenters. The molecule has 0 N–H and O–H groups in total. The average Bonchev–Trinajstić information content (AvgIpc) is 2.41. The number of aryl methyl sites for hydroxylation is 2. The number of ether oxygens (including phenoxy) is 1. The van der Waals surface area contributed by atoms with Crippen molar-refractivity contribution in [2.24, 2.45) is 0 Å². The topological polar surface area (TPSA) is 26.3 Å². The Bertz CT molecular complexity index is 675. The molecule has 116 valence electrons. The molecule has 0 heterocycles. The Balaban J connectivity index is 2.22. The summed E-state index contributed by atoms with van der Waals surface area (Å²) in [4.78, 5) is 12.6. The molecule has 4 heteroatoms. The molecule has 0 aromatic heterocycles. The predicted octanol–water partition coefficient (Wildman–Crippen LogP) is 4.89. The zero-order valence-corrected chi connectivity index (χ0v) is 15.0. The molecule has 1 unspecified atom stereocenters. The number of carbonyl (C=O) groups excluding carboxylic acids is 1. The molecule has 2 aromatic carbocycles. The molecule has 2 aromatic rings. The molecule has 22 heavy (non-hydrogen) atoms. The molecule has 0 radical (unpaired) electrons. The number of carbonyl (C=O) groups is 1. The minimum absolute atomic E-state index is 0.0607. The summed E-state index contributed by atoms with van der Waals surface area (Å²) in [5.41, 5.74) is 2.69. The molecule has 0 fully saturated rings. The number of hydrogen-bond donors (Lipinski definition) is 0. The van der Waals surface area contributed by atoms with Gasteiger partial charge in [0.05, 0.1) is 11.1 Å². The van der Waals surface area contributed by atoms with Crippen LogP contribution in [0.1, 0.15) is 35.3 Å². The van der Waals surface area contributed by atoms with Crippen molar-refractivity contribution in [2.75, 3.05) is 0 Å². The number of halogens is 1. The van der Waals surface area contributed by atoms with E-state index < -0.39 is 0 Å². The van der Waals surface area contributed by atoms with Crippen molar-refractivity contribution >= 4 is 31.0 Å². The molecular formula is C18H20ClO2P. The van der Waals surface area contributed by atoms with E-state index in [4.69, 9.17) is 16.3 Å².